The minimum Gasteiger partial charge on any atom is -0.466 e. The normalized spacial score (nSPS) is 10.2. The molecule has 2 aromatic rings. The van der Waals surface area contributed by atoms with Crippen molar-refractivity contribution in [2.45, 2.75) is 20.3 Å². The molecule has 126 valence electrons. The SMILES string of the molecule is CCOC(=O)Cc1csc(NC(=O)c2cc([N+](=O)[O-])ccc2C)n1. The number of aryl methyl sites for hydroxylation is 1. The number of anilines is 1. The van der Waals surface area contributed by atoms with Gasteiger partial charge in [-0.2, -0.15) is 0 Å². The maximum atomic E-state index is 12.3. The van der Waals surface area contributed by atoms with Crippen LogP contribution in [0.5, 0.6) is 0 Å². The van der Waals surface area contributed by atoms with Gasteiger partial charge in [0.2, 0.25) is 0 Å². The lowest BCUT2D eigenvalue weighted by Crippen LogP contribution is -2.14. The molecule has 1 heterocycles. The van der Waals surface area contributed by atoms with Crippen molar-refractivity contribution in [2.24, 2.45) is 0 Å². The first-order chi connectivity index (χ1) is 11.4. The van der Waals surface area contributed by atoms with E-state index in [0.29, 0.717) is 23.0 Å². The van der Waals surface area contributed by atoms with Crippen LogP contribution in [0.2, 0.25) is 0 Å². The number of nitro groups is 1. The number of carbonyl (C=O) groups excluding carboxylic acids is 2. The fraction of sp³-hybridized carbons (Fsp3) is 0.267. The smallest absolute Gasteiger partial charge is 0.311 e. The number of nitrogens with one attached hydrogen (secondary N) is 1. The first kappa shape index (κ1) is 17.5. The van der Waals surface area contributed by atoms with Crippen molar-refractivity contribution in [3.63, 3.8) is 0 Å². The van der Waals surface area contributed by atoms with Gasteiger partial charge in [0.1, 0.15) is 0 Å². The number of nitrogens with zero attached hydrogens (tertiary/aromatic N) is 2. The van der Waals surface area contributed by atoms with E-state index in [1.54, 1.807) is 19.2 Å². The number of non-ortho nitro benzene ring substituents is 1. The Balaban J connectivity index is 2.10. The predicted molar refractivity (Wildman–Crippen MR) is 88.2 cm³/mol. The summed E-state index contributed by atoms with van der Waals surface area (Å²) in [6.07, 6.45) is 0.0239. The molecule has 8 nitrogen and oxygen atoms in total. The maximum absolute atomic E-state index is 12.3. The minimum atomic E-state index is -0.558. The molecule has 0 aliphatic rings. The van der Waals surface area contributed by atoms with Gasteiger partial charge in [0, 0.05) is 23.1 Å². The average molecular weight is 349 g/mol. The van der Waals surface area contributed by atoms with Crippen molar-refractivity contribution < 1.29 is 19.2 Å². The van der Waals surface area contributed by atoms with Gasteiger partial charge in [0.25, 0.3) is 11.6 Å². The summed E-state index contributed by atoms with van der Waals surface area (Å²) >= 11 is 1.16. The van der Waals surface area contributed by atoms with Crippen LogP contribution in [0, 0.1) is 17.0 Å². The number of nitro benzene ring substituents is 1. The minimum absolute atomic E-state index is 0.0239. The van der Waals surface area contributed by atoms with Gasteiger partial charge in [-0.1, -0.05) is 6.07 Å². The van der Waals surface area contributed by atoms with E-state index in [1.165, 1.54) is 18.2 Å². The number of hydrogen-bond acceptors (Lipinski definition) is 7. The summed E-state index contributed by atoms with van der Waals surface area (Å²) in [7, 11) is 0. The molecule has 0 saturated carbocycles. The van der Waals surface area contributed by atoms with Crippen LogP contribution >= 0.6 is 11.3 Å². The zero-order valence-electron chi connectivity index (χ0n) is 13.1. The Bertz CT molecular complexity index is 787. The van der Waals surface area contributed by atoms with Crippen molar-refractivity contribution in [2.75, 3.05) is 11.9 Å². The van der Waals surface area contributed by atoms with Crippen molar-refractivity contribution in [1.82, 2.24) is 4.98 Å². The van der Waals surface area contributed by atoms with Crippen molar-refractivity contribution in [3.8, 4) is 0 Å². The molecule has 0 radical (unpaired) electrons. The van der Waals surface area contributed by atoms with Crippen molar-refractivity contribution >= 4 is 34.0 Å². The standard InChI is InChI=1S/C15H15N3O5S/c1-3-23-13(19)6-10-8-24-15(16-10)17-14(20)12-7-11(18(21)22)5-4-9(12)2/h4-5,7-8H,3,6H2,1-2H3,(H,16,17,20). The highest BCUT2D eigenvalue weighted by atomic mass is 32.1. The number of rotatable bonds is 6. The molecule has 0 bridgehead atoms. The van der Waals surface area contributed by atoms with Gasteiger partial charge in [-0.05, 0) is 19.4 Å². The molecule has 1 N–H and O–H groups in total. The Morgan fingerprint density at radius 1 is 1.42 bits per heavy atom. The molecule has 0 aliphatic carbocycles. The van der Waals surface area contributed by atoms with Crippen LogP contribution in [0.4, 0.5) is 10.8 Å². The van der Waals surface area contributed by atoms with Crippen molar-refractivity contribution in [3.05, 3.63) is 50.5 Å². The molecule has 0 saturated heterocycles. The molecule has 1 aromatic heterocycles. The Hall–Kier alpha value is -2.81. The van der Waals surface area contributed by atoms with Crippen molar-refractivity contribution in [1.29, 1.82) is 0 Å². The molecule has 0 aliphatic heterocycles. The Kier molecular flexibility index (Phi) is 5.59. The van der Waals surface area contributed by atoms with Gasteiger partial charge in [0.05, 0.1) is 23.6 Å². The molecule has 2 rings (SSSR count). The molecule has 0 fully saturated rings. The fourth-order valence-electron chi connectivity index (χ4n) is 1.94. The summed E-state index contributed by atoms with van der Waals surface area (Å²) < 4.78 is 4.83. The van der Waals surface area contributed by atoms with E-state index in [0.717, 1.165) is 11.3 Å². The van der Waals surface area contributed by atoms with Crippen LogP contribution < -0.4 is 5.32 Å². The van der Waals surface area contributed by atoms with Crippen LogP contribution in [-0.2, 0) is 16.0 Å². The number of thiazole rings is 1. The van der Waals surface area contributed by atoms with Gasteiger partial charge in [-0.25, -0.2) is 4.98 Å². The zero-order chi connectivity index (χ0) is 17.7. The summed E-state index contributed by atoms with van der Waals surface area (Å²) in [5.74, 6) is -0.886. The molecular formula is C15H15N3O5S. The zero-order valence-corrected chi connectivity index (χ0v) is 13.9. The third-order valence-corrected chi connectivity index (χ3v) is 3.89. The van der Waals surface area contributed by atoms with E-state index in [1.807, 2.05) is 0 Å². The quantitative estimate of drug-likeness (QED) is 0.487. The van der Waals surface area contributed by atoms with E-state index in [9.17, 15) is 19.7 Å². The first-order valence-electron chi connectivity index (χ1n) is 7.07. The second kappa shape index (κ2) is 7.64. The fourth-order valence-corrected chi connectivity index (χ4v) is 2.64. The molecular weight excluding hydrogens is 334 g/mol. The first-order valence-corrected chi connectivity index (χ1v) is 7.95. The van der Waals surface area contributed by atoms with E-state index < -0.39 is 16.8 Å². The molecule has 0 spiro atoms. The number of esters is 1. The number of carbonyl (C=O) groups is 2. The Labute approximate surface area is 141 Å². The summed E-state index contributed by atoms with van der Waals surface area (Å²) in [4.78, 5) is 38.1. The van der Waals surface area contributed by atoms with Crippen LogP contribution in [0.3, 0.4) is 0 Å². The summed E-state index contributed by atoms with van der Waals surface area (Å²) in [5, 5.41) is 15.4. The number of hydrogen-bond donors (Lipinski definition) is 1. The lowest BCUT2D eigenvalue weighted by molar-refractivity contribution is -0.384. The summed E-state index contributed by atoms with van der Waals surface area (Å²) in [6.45, 7) is 3.69. The Morgan fingerprint density at radius 2 is 2.17 bits per heavy atom. The number of aromatic nitrogens is 1. The van der Waals surface area contributed by atoms with Gasteiger partial charge < -0.3 is 4.74 Å². The topological polar surface area (TPSA) is 111 Å². The summed E-state index contributed by atoms with van der Waals surface area (Å²) in [6, 6.07) is 4.08. The highest BCUT2D eigenvalue weighted by molar-refractivity contribution is 7.14. The van der Waals surface area contributed by atoms with Gasteiger partial charge in [-0.15, -0.1) is 11.3 Å². The predicted octanol–water partition coefficient (Wildman–Crippen LogP) is 2.72. The number of ether oxygens (including phenoxy) is 1. The molecule has 9 heteroatoms. The van der Waals surface area contributed by atoms with Gasteiger partial charge in [0.15, 0.2) is 5.13 Å². The second-order valence-corrected chi connectivity index (χ2v) is 5.69. The molecule has 24 heavy (non-hydrogen) atoms. The van der Waals surface area contributed by atoms with E-state index in [4.69, 9.17) is 4.74 Å². The lowest BCUT2D eigenvalue weighted by Gasteiger charge is -2.05. The highest BCUT2D eigenvalue weighted by Crippen LogP contribution is 2.21. The number of amides is 1. The van der Waals surface area contributed by atoms with Crippen LogP contribution in [0.1, 0.15) is 28.5 Å². The lowest BCUT2D eigenvalue weighted by atomic mass is 10.1. The Morgan fingerprint density at radius 3 is 2.83 bits per heavy atom. The van der Waals surface area contributed by atoms with E-state index in [-0.39, 0.29) is 17.7 Å². The van der Waals surface area contributed by atoms with Crippen LogP contribution in [0.15, 0.2) is 23.6 Å². The van der Waals surface area contributed by atoms with Gasteiger partial charge >= 0.3 is 5.97 Å². The third kappa shape index (κ3) is 4.35. The van der Waals surface area contributed by atoms with Crippen LogP contribution in [0.25, 0.3) is 0 Å². The second-order valence-electron chi connectivity index (χ2n) is 4.84. The highest BCUT2D eigenvalue weighted by Gasteiger charge is 2.16. The van der Waals surface area contributed by atoms with E-state index in [2.05, 4.69) is 10.3 Å². The molecule has 0 atom stereocenters. The largest absolute Gasteiger partial charge is 0.466 e. The third-order valence-electron chi connectivity index (χ3n) is 3.08. The molecule has 1 aromatic carbocycles. The number of benzene rings is 1. The van der Waals surface area contributed by atoms with Gasteiger partial charge in [-0.3, -0.25) is 25.0 Å². The summed E-state index contributed by atoms with van der Waals surface area (Å²) in [5.41, 5.74) is 1.14. The average Bonchev–Trinajstić information content (AvgIpc) is 2.94. The molecule has 1 amide bonds. The molecule has 0 unspecified atom stereocenters. The maximum Gasteiger partial charge on any atom is 0.311 e. The monoisotopic (exact) mass is 349 g/mol. The van der Waals surface area contributed by atoms with E-state index >= 15 is 0 Å². The van der Waals surface area contributed by atoms with Crippen LogP contribution in [-0.4, -0.2) is 28.4 Å².